The molecule has 2 aromatic rings. The van der Waals surface area contributed by atoms with Gasteiger partial charge in [0.2, 0.25) is 0 Å². The van der Waals surface area contributed by atoms with Crippen LogP contribution >= 0.6 is 0 Å². The number of hydrogen-bond acceptors (Lipinski definition) is 3. The average molecular weight is 283 g/mol. The van der Waals surface area contributed by atoms with Gasteiger partial charge in [-0.1, -0.05) is 36.4 Å². The van der Waals surface area contributed by atoms with Crippen molar-refractivity contribution in [1.29, 1.82) is 0 Å². The molecular formula is C18H21NO2. The van der Waals surface area contributed by atoms with E-state index in [-0.39, 0.29) is 12.6 Å². The highest BCUT2D eigenvalue weighted by Gasteiger charge is 2.23. The lowest BCUT2D eigenvalue weighted by Gasteiger charge is -2.25. The smallest absolute Gasteiger partial charge is 0.121 e. The number of ether oxygens (including phenoxy) is 1. The fraction of sp³-hybridized carbons (Fsp3) is 0.333. The van der Waals surface area contributed by atoms with Crippen molar-refractivity contribution < 1.29 is 9.84 Å². The van der Waals surface area contributed by atoms with E-state index in [1.807, 2.05) is 30.3 Å². The Morgan fingerprint density at radius 3 is 2.76 bits per heavy atom. The van der Waals surface area contributed by atoms with Crippen LogP contribution in [0.1, 0.15) is 18.4 Å². The SMILES string of the molecule is OCC1CCCN1c1cccc(OCc2ccccc2)c1. The third-order valence-electron chi connectivity index (χ3n) is 3.99. The van der Waals surface area contributed by atoms with E-state index in [4.69, 9.17) is 4.74 Å². The molecule has 0 aliphatic carbocycles. The van der Waals surface area contributed by atoms with Crippen molar-refractivity contribution in [1.82, 2.24) is 0 Å². The third-order valence-corrected chi connectivity index (χ3v) is 3.99. The summed E-state index contributed by atoms with van der Waals surface area (Å²) in [4.78, 5) is 2.27. The van der Waals surface area contributed by atoms with Gasteiger partial charge in [-0.2, -0.15) is 0 Å². The normalized spacial score (nSPS) is 18.0. The molecular weight excluding hydrogens is 262 g/mol. The van der Waals surface area contributed by atoms with Gasteiger partial charge in [0.1, 0.15) is 12.4 Å². The molecule has 0 amide bonds. The maximum Gasteiger partial charge on any atom is 0.121 e. The molecule has 1 unspecified atom stereocenters. The van der Waals surface area contributed by atoms with Gasteiger partial charge in [0.25, 0.3) is 0 Å². The van der Waals surface area contributed by atoms with Gasteiger partial charge in [0.15, 0.2) is 0 Å². The minimum absolute atomic E-state index is 0.217. The first kappa shape index (κ1) is 14.0. The first-order valence-electron chi connectivity index (χ1n) is 7.51. The Kier molecular flexibility index (Phi) is 4.41. The van der Waals surface area contributed by atoms with E-state index in [0.717, 1.165) is 36.4 Å². The molecule has 0 saturated carbocycles. The predicted molar refractivity (Wildman–Crippen MR) is 84.7 cm³/mol. The predicted octanol–water partition coefficient (Wildman–Crippen LogP) is 3.23. The second-order valence-corrected chi connectivity index (χ2v) is 5.44. The number of nitrogens with zero attached hydrogens (tertiary/aromatic N) is 1. The van der Waals surface area contributed by atoms with Crippen LogP contribution in [0.3, 0.4) is 0 Å². The van der Waals surface area contributed by atoms with Crippen LogP contribution in [0.5, 0.6) is 5.75 Å². The molecule has 0 aromatic heterocycles. The molecule has 21 heavy (non-hydrogen) atoms. The minimum atomic E-state index is 0.217. The van der Waals surface area contributed by atoms with Crippen molar-refractivity contribution in [2.75, 3.05) is 18.1 Å². The second-order valence-electron chi connectivity index (χ2n) is 5.44. The lowest BCUT2D eigenvalue weighted by Crippen LogP contribution is -2.31. The highest BCUT2D eigenvalue weighted by Crippen LogP contribution is 2.28. The molecule has 0 spiro atoms. The summed E-state index contributed by atoms with van der Waals surface area (Å²) in [7, 11) is 0. The summed E-state index contributed by atoms with van der Waals surface area (Å²) >= 11 is 0. The molecule has 1 aliphatic rings. The zero-order chi connectivity index (χ0) is 14.5. The van der Waals surface area contributed by atoms with Gasteiger partial charge in [0, 0.05) is 18.3 Å². The van der Waals surface area contributed by atoms with Crippen molar-refractivity contribution in [2.24, 2.45) is 0 Å². The van der Waals surface area contributed by atoms with E-state index < -0.39 is 0 Å². The largest absolute Gasteiger partial charge is 0.489 e. The van der Waals surface area contributed by atoms with Crippen LogP contribution in [0.15, 0.2) is 54.6 Å². The number of anilines is 1. The van der Waals surface area contributed by atoms with Crippen molar-refractivity contribution in [3.8, 4) is 5.75 Å². The summed E-state index contributed by atoms with van der Waals surface area (Å²) in [5.74, 6) is 0.875. The molecule has 2 aromatic carbocycles. The van der Waals surface area contributed by atoms with Crippen molar-refractivity contribution in [2.45, 2.75) is 25.5 Å². The molecule has 1 atom stereocenters. The van der Waals surface area contributed by atoms with Gasteiger partial charge in [-0.25, -0.2) is 0 Å². The molecule has 1 saturated heterocycles. The van der Waals surface area contributed by atoms with E-state index in [1.54, 1.807) is 0 Å². The van der Waals surface area contributed by atoms with Gasteiger partial charge in [0.05, 0.1) is 12.6 Å². The number of aliphatic hydroxyl groups excluding tert-OH is 1. The summed E-state index contributed by atoms with van der Waals surface area (Å²) < 4.78 is 5.87. The lowest BCUT2D eigenvalue weighted by atomic mass is 10.2. The van der Waals surface area contributed by atoms with E-state index in [1.165, 1.54) is 0 Å². The van der Waals surface area contributed by atoms with Crippen LogP contribution in [0.4, 0.5) is 5.69 Å². The number of hydrogen-bond donors (Lipinski definition) is 1. The molecule has 3 rings (SSSR count). The third kappa shape index (κ3) is 3.37. The molecule has 110 valence electrons. The fourth-order valence-corrected chi connectivity index (χ4v) is 2.86. The Labute approximate surface area is 125 Å². The average Bonchev–Trinajstić information content (AvgIpc) is 3.03. The monoisotopic (exact) mass is 283 g/mol. The molecule has 1 N–H and O–H groups in total. The summed E-state index contributed by atoms with van der Waals surface area (Å²) in [6.07, 6.45) is 2.20. The lowest BCUT2D eigenvalue weighted by molar-refractivity contribution is 0.266. The first-order chi connectivity index (χ1) is 10.4. The highest BCUT2D eigenvalue weighted by molar-refractivity contribution is 5.52. The van der Waals surface area contributed by atoms with Gasteiger partial charge in [-0.15, -0.1) is 0 Å². The highest BCUT2D eigenvalue weighted by atomic mass is 16.5. The van der Waals surface area contributed by atoms with Gasteiger partial charge >= 0.3 is 0 Å². The fourth-order valence-electron chi connectivity index (χ4n) is 2.86. The number of aliphatic hydroxyl groups is 1. The molecule has 0 radical (unpaired) electrons. The van der Waals surface area contributed by atoms with Crippen LogP contribution in [0.2, 0.25) is 0 Å². The molecule has 3 nitrogen and oxygen atoms in total. The molecule has 3 heteroatoms. The van der Waals surface area contributed by atoms with Crippen molar-refractivity contribution in [3.63, 3.8) is 0 Å². The van der Waals surface area contributed by atoms with E-state index in [9.17, 15) is 5.11 Å². The van der Waals surface area contributed by atoms with Crippen LogP contribution in [0, 0.1) is 0 Å². The Hall–Kier alpha value is -2.00. The van der Waals surface area contributed by atoms with Crippen LogP contribution in [-0.4, -0.2) is 24.3 Å². The van der Waals surface area contributed by atoms with Gasteiger partial charge in [-0.05, 0) is 30.5 Å². The first-order valence-corrected chi connectivity index (χ1v) is 7.51. The maximum absolute atomic E-state index is 9.45. The topological polar surface area (TPSA) is 32.7 Å². The number of benzene rings is 2. The van der Waals surface area contributed by atoms with E-state index in [0.29, 0.717) is 6.61 Å². The maximum atomic E-state index is 9.45. The zero-order valence-electron chi connectivity index (χ0n) is 12.1. The summed E-state index contributed by atoms with van der Waals surface area (Å²) in [6.45, 7) is 1.80. The van der Waals surface area contributed by atoms with Crippen LogP contribution in [0.25, 0.3) is 0 Å². The molecule has 0 bridgehead atoms. The Morgan fingerprint density at radius 1 is 1.10 bits per heavy atom. The van der Waals surface area contributed by atoms with E-state index in [2.05, 4.69) is 29.2 Å². The Balaban J connectivity index is 1.68. The summed E-state index contributed by atoms with van der Waals surface area (Å²) in [5, 5.41) is 9.45. The Bertz CT molecular complexity index is 570. The number of rotatable bonds is 5. The van der Waals surface area contributed by atoms with Crippen molar-refractivity contribution in [3.05, 3.63) is 60.2 Å². The minimum Gasteiger partial charge on any atom is -0.489 e. The molecule has 1 heterocycles. The molecule has 1 fully saturated rings. The van der Waals surface area contributed by atoms with Crippen LogP contribution in [-0.2, 0) is 6.61 Å². The quantitative estimate of drug-likeness (QED) is 0.914. The van der Waals surface area contributed by atoms with Gasteiger partial charge in [-0.3, -0.25) is 0 Å². The van der Waals surface area contributed by atoms with Gasteiger partial charge < -0.3 is 14.7 Å². The molecule has 1 aliphatic heterocycles. The zero-order valence-corrected chi connectivity index (χ0v) is 12.1. The summed E-state index contributed by atoms with van der Waals surface area (Å²) in [5.41, 5.74) is 2.30. The van der Waals surface area contributed by atoms with Crippen molar-refractivity contribution >= 4 is 5.69 Å². The Morgan fingerprint density at radius 2 is 1.95 bits per heavy atom. The standard InChI is InChI=1S/C18H21NO2/c20-13-17-9-5-11-19(17)16-8-4-10-18(12-16)21-14-15-6-2-1-3-7-15/h1-4,6-8,10,12,17,20H,5,9,11,13-14H2. The summed E-state index contributed by atoms with van der Waals surface area (Å²) in [6, 6.07) is 18.6. The van der Waals surface area contributed by atoms with Crippen LogP contribution < -0.4 is 9.64 Å². The van der Waals surface area contributed by atoms with E-state index >= 15 is 0 Å². The second kappa shape index (κ2) is 6.64.